The molecule has 0 atom stereocenters. The Bertz CT molecular complexity index is 1060. The molecule has 3 rings (SSSR count). The summed E-state index contributed by atoms with van der Waals surface area (Å²) in [6.45, 7) is 7.03. The standard InChI is InChI=1S/C22H28N6O2/c1-6-27(13-17-7-9-18(10-8-17)21(30)26(4)5)20(29)12-11-19-15(2)25-22-23-14-24-28(22)16(19)3/h7-10,14H,6,11-13H2,1-5H3. The minimum absolute atomic E-state index is 0.0336. The predicted molar refractivity (Wildman–Crippen MR) is 114 cm³/mol. The van der Waals surface area contributed by atoms with Gasteiger partial charge >= 0.3 is 0 Å². The van der Waals surface area contributed by atoms with Crippen LogP contribution in [0.25, 0.3) is 5.78 Å². The summed E-state index contributed by atoms with van der Waals surface area (Å²) in [5.74, 6) is 0.628. The van der Waals surface area contributed by atoms with Gasteiger partial charge in [-0.1, -0.05) is 12.1 Å². The van der Waals surface area contributed by atoms with Crippen LogP contribution in [0.3, 0.4) is 0 Å². The smallest absolute Gasteiger partial charge is 0.253 e. The van der Waals surface area contributed by atoms with Crippen LogP contribution in [0.5, 0.6) is 0 Å². The average molecular weight is 409 g/mol. The molecule has 0 aliphatic heterocycles. The highest BCUT2D eigenvalue weighted by Crippen LogP contribution is 2.16. The number of carbonyl (C=O) groups is 2. The van der Waals surface area contributed by atoms with Crippen molar-refractivity contribution in [3.05, 3.63) is 58.7 Å². The van der Waals surface area contributed by atoms with Crippen molar-refractivity contribution < 1.29 is 9.59 Å². The molecule has 0 bridgehead atoms. The fourth-order valence-electron chi connectivity index (χ4n) is 3.51. The van der Waals surface area contributed by atoms with Gasteiger partial charge in [0.25, 0.3) is 11.7 Å². The first-order valence-corrected chi connectivity index (χ1v) is 10.1. The first kappa shape index (κ1) is 21.4. The van der Waals surface area contributed by atoms with Gasteiger partial charge in [0.2, 0.25) is 5.91 Å². The Morgan fingerprint density at radius 3 is 2.43 bits per heavy atom. The Labute approximate surface area is 176 Å². The van der Waals surface area contributed by atoms with Gasteiger partial charge in [-0.2, -0.15) is 10.1 Å². The number of carbonyl (C=O) groups excluding carboxylic acids is 2. The van der Waals surface area contributed by atoms with Gasteiger partial charge in [-0.3, -0.25) is 9.59 Å². The molecule has 0 spiro atoms. The third-order valence-electron chi connectivity index (χ3n) is 5.29. The van der Waals surface area contributed by atoms with Crippen LogP contribution in [0.4, 0.5) is 0 Å². The maximum atomic E-state index is 12.9. The summed E-state index contributed by atoms with van der Waals surface area (Å²) in [4.78, 5) is 36.9. The number of nitrogens with zero attached hydrogens (tertiary/aromatic N) is 6. The van der Waals surface area contributed by atoms with E-state index in [2.05, 4.69) is 15.1 Å². The van der Waals surface area contributed by atoms with Crippen molar-refractivity contribution in [2.24, 2.45) is 0 Å². The van der Waals surface area contributed by atoms with Crippen molar-refractivity contribution in [3.63, 3.8) is 0 Å². The normalized spacial score (nSPS) is 11.0. The molecular weight excluding hydrogens is 380 g/mol. The highest BCUT2D eigenvalue weighted by Gasteiger charge is 2.16. The van der Waals surface area contributed by atoms with Crippen molar-refractivity contribution in [1.29, 1.82) is 0 Å². The van der Waals surface area contributed by atoms with Crippen LogP contribution >= 0.6 is 0 Å². The lowest BCUT2D eigenvalue weighted by atomic mass is 10.1. The first-order valence-electron chi connectivity index (χ1n) is 10.1. The molecule has 0 unspecified atom stereocenters. The van der Waals surface area contributed by atoms with Crippen LogP contribution in [0, 0.1) is 13.8 Å². The summed E-state index contributed by atoms with van der Waals surface area (Å²) >= 11 is 0. The minimum atomic E-state index is -0.0336. The third-order valence-corrected chi connectivity index (χ3v) is 5.29. The molecule has 2 amide bonds. The summed E-state index contributed by atoms with van der Waals surface area (Å²) in [6, 6.07) is 7.43. The number of hydrogen-bond acceptors (Lipinski definition) is 5. The summed E-state index contributed by atoms with van der Waals surface area (Å²) < 4.78 is 1.71. The molecule has 0 radical (unpaired) electrons. The summed E-state index contributed by atoms with van der Waals surface area (Å²) in [5, 5.41) is 4.21. The average Bonchev–Trinajstić information content (AvgIpc) is 3.20. The number of hydrogen-bond donors (Lipinski definition) is 0. The minimum Gasteiger partial charge on any atom is -0.345 e. The van der Waals surface area contributed by atoms with E-state index in [1.807, 2.05) is 49.9 Å². The van der Waals surface area contributed by atoms with Gasteiger partial charge in [0.1, 0.15) is 6.33 Å². The van der Waals surface area contributed by atoms with Gasteiger partial charge < -0.3 is 9.80 Å². The summed E-state index contributed by atoms with van der Waals surface area (Å²) in [6.07, 6.45) is 2.49. The molecule has 30 heavy (non-hydrogen) atoms. The lowest BCUT2D eigenvalue weighted by molar-refractivity contribution is -0.131. The quantitative estimate of drug-likeness (QED) is 0.600. The third kappa shape index (κ3) is 4.48. The van der Waals surface area contributed by atoms with Gasteiger partial charge in [-0.15, -0.1) is 0 Å². The fraction of sp³-hybridized carbons (Fsp3) is 0.409. The number of rotatable bonds is 7. The molecule has 158 valence electrons. The largest absolute Gasteiger partial charge is 0.345 e. The Morgan fingerprint density at radius 2 is 1.80 bits per heavy atom. The van der Waals surface area contributed by atoms with E-state index in [1.54, 1.807) is 23.5 Å². The maximum absolute atomic E-state index is 12.9. The Hall–Kier alpha value is -3.29. The second kappa shape index (κ2) is 9.02. The Morgan fingerprint density at radius 1 is 1.10 bits per heavy atom. The van der Waals surface area contributed by atoms with Crippen molar-refractivity contribution in [3.8, 4) is 0 Å². The van der Waals surface area contributed by atoms with E-state index in [-0.39, 0.29) is 11.8 Å². The van der Waals surface area contributed by atoms with Crippen LogP contribution < -0.4 is 0 Å². The molecule has 3 aromatic rings. The first-order chi connectivity index (χ1) is 14.3. The van der Waals surface area contributed by atoms with Crippen LogP contribution in [0.2, 0.25) is 0 Å². The number of aryl methyl sites for hydroxylation is 2. The van der Waals surface area contributed by atoms with Crippen LogP contribution in [-0.4, -0.2) is 61.8 Å². The van der Waals surface area contributed by atoms with Gasteiger partial charge in [0.05, 0.1) is 0 Å². The van der Waals surface area contributed by atoms with Gasteiger partial charge in [-0.05, 0) is 50.5 Å². The van der Waals surface area contributed by atoms with Crippen LogP contribution in [0.15, 0.2) is 30.6 Å². The van der Waals surface area contributed by atoms with E-state index < -0.39 is 0 Å². The lowest BCUT2D eigenvalue weighted by Gasteiger charge is -2.22. The highest BCUT2D eigenvalue weighted by atomic mass is 16.2. The second-order valence-corrected chi connectivity index (χ2v) is 7.54. The maximum Gasteiger partial charge on any atom is 0.253 e. The highest BCUT2D eigenvalue weighted by molar-refractivity contribution is 5.93. The molecule has 1 aromatic carbocycles. The number of benzene rings is 1. The molecule has 8 heteroatoms. The van der Waals surface area contributed by atoms with E-state index in [0.29, 0.717) is 37.3 Å². The van der Waals surface area contributed by atoms with Crippen molar-refractivity contribution >= 4 is 17.6 Å². The number of aromatic nitrogens is 4. The molecule has 0 N–H and O–H groups in total. The predicted octanol–water partition coefficient (Wildman–Crippen LogP) is 2.42. The van der Waals surface area contributed by atoms with E-state index in [0.717, 1.165) is 22.5 Å². The number of amides is 2. The SMILES string of the molecule is CCN(Cc1ccc(C(=O)N(C)C)cc1)C(=O)CCc1c(C)nc2ncnn2c1C. The zero-order valence-electron chi connectivity index (χ0n) is 18.2. The topological polar surface area (TPSA) is 83.7 Å². The van der Waals surface area contributed by atoms with Crippen molar-refractivity contribution in [2.45, 2.75) is 40.2 Å². The monoisotopic (exact) mass is 408 g/mol. The molecule has 0 fully saturated rings. The van der Waals surface area contributed by atoms with Crippen LogP contribution in [-0.2, 0) is 17.8 Å². The molecule has 2 aromatic heterocycles. The van der Waals surface area contributed by atoms with Gasteiger partial charge in [0, 0.05) is 50.6 Å². The molecule has 0 saturated carbocycles. The molecule has 0 saturated heterocycles. The molecule has 2 heterocycles. The van der Waals surface area contributed by atoms with E-state index in [9.17, 15) is 9.59 Å². The summed E-state index contributed by atoms with van der Waals surface area (Å²) in [5.41, 5.74) is 4.51. The second-order valence-electron chi connectivity index (χ2n) is 7.54. The van der Waals surface area contributed by atoms with Gasteiger partial charge in [0.15, 0.2) is 0 Å². The molecular formula is C22H28N6O2. The fourth-order valence-corrected chi connectivity index (χ4v) is 3.51. The van der Waals surface area contributed by atoms with E-state index in [1.165, 1.54) is 6.33 Å². The van der Waals surface area contributed by atoms with E-state index in [4.69, 9.17) is 0 Å². The van der Waals surface area contributed by atoms with Crippen molar-refractivity contribution in [1.82, 2.24) is 29.4 Å². The van der Waals surface area contributed by atoms with E-state index >= 15 is 0 Å². The Kier molecular flexibility index (Phi) is 6.44. The number of fused-ring (bicyclic) bond motifs is 1. The molecule has 0 aliphatic rings. The lowest BCUT2D eigenvalue weighted by Crippen LogP contribution is -2.30. The van der Waals surface area contributed by atoms with Crippen molar-refractivity contribution in [2.75, 3.05) is 20.6 Å². The van der Waals surface area contributed by atoms with Crippen LogP contribution in [0.1, 0.15) is 46.2 Å². The molecule has 8 nitrogen and oxygen atoms in total. The van der Waals surface area contributed by atoms with Gasteiger partial charge in [-0.25, -0.2) is 9.50 Å². The summed E-state index contributed by atoms with van der Waals surface area (Å²) in [7, 11) is 3.46. The molecule has 0 aliphatic carbocycles. The Balaban J connectivity index is 1.66. The zero-order valence-corrected chi connectivity index (χ0v) is 18.2. The zero-order chi connectivity index (χ0) is 21.8.